The van der Waals surface area contributed by atoms with Crippen LogP contribution < -0.4 is 4.90 Å². The van der Waals surface area contributed by atoms with Gasteiger partial charge in [-0.2, -0.15) is 10.2 Å². The highest BCUT2D eigenvalue weighted by molar-refractivity contribution is 5.43. The maximum atomic E-state index is 3.86. The topological polar surface area (TPSA) is 29.0 Å². The fourth-order valence-electron chi connectivity index (χ4n) is 1.64. The van der Waals surface area contributed by atoms with Gasteiger partial charge in [0.15, 0.2) is 0 Å². The summed E-state index contributed by atoms with van der Waals surface area (Å²) < 4.78 is 0. The molecule has 0 spiro atoms. The predicted molar refractivity (Wildman–Crippen MR) is 48.0 cm³/mol. The van der Waals surface area contributed by atoms with Crippen LogP contribution in [0.1, 0.15) is 13.3 Å². The molecule has 3 nitrogen and oxygen atoms in total. The normalized spacial score (nSPS) is 23.1. The third-order valence-corrected chi connectivity index (χ3v) is 2.36. The van der Waals surface area contributed by atoms with Crippen molar-refractivity contribution in [2.75, 3.05) is 18.0 Å². The second-order valence-corrected chi connectivity index (χ2v) is 3.44. The molecule has 1 aromatic heterocycles. The molecule has 0 aromatic carbocycles. The van der Waals surface area contributed by atoms with Gasteiger partial charge < -0.3 is 4.90 Å². The zero-order valence-corrected chi connectivity index (χ0v) is 7.27. The number of hydrogen-bond donors (Lipinski definition) is 0. The summed E-state index contributed by atoms with van der Waals surface area (Å²) in [6.45, 7) is 4.60. The lowest BCUT2D eigenvalue weighted by molar-refractivity contribution is 0.659. The number of hydrogen-bond acceptors (Lipinski definition) is 3. The molecule has 1 aliphatic heterocycles. The summed E-state index contributed by atoms with van der Waals surface area (Å²) in [5, 5.41) is 7.62. The summed E-state index contributed by atoms with van der Waals surface area (Å²) >= 11 is 0. The second-order valence-electron chi connectivity index (χ2n) is 3.44. The minimum Gasteiger partial charge on any atom is -0.370 e. The highest BCUT2D eigenvalue weighted by Crippen LogP contribution is 2.21. The maximum absolute atomic E-state index is 3.86. The Kier molecular flexibility index (Phi) is 1.94. The molecule has 0 radical (unpaired) electrons. The van der Waals surface area contributed by atoms with Gasteiger partial charge in [0.05, 0.1) is 18.1 Å². The molecule has 64 valence electrons. The smallest absolute Gasteiger partial charge is 0.0729 e. The first kappa shape index (κ1) is 7.53. The highest BCUT2D eigenvalue weighted by Gasteiger charge is 2.18. The van der Waals surface area contributed by atoms with Crippen LogP contribution in [0.2, 0.25) is 0 Å². The van der Waals surface area contributed by atoms with Gasteiger partial charge in [0.2, 0.25) is 0 Å². The average Bonchev–Trinajstić information content (AvgIpc) is 2.54. The molecule has 0 amide bonds. The molecule has 1 aliphatic rings. The van der Waals surface area contributed by atoms with Crippen LogP contribution in [0.5, 0.6) is 0 Å². The molecule has 1 aromatic rings. The second kappa shape index (κ2) is 3.09. The van der Waals surface area contributed by atoms with E-state index in [1.165, 1.54) is 12.1 Å². The van der Waals surface area contributed by atoms with Crippen molar-refractivity contribution in [1.29, 1.82) is 0 Å². The third kappa shape index (κ3) is 1.40. The predicted octanol–water partition coefficient (Wildman–Crippen LogP) is 1.32. The summed E-state index contributed by atoms with van der Waals surface area (Å²) in [5.41, 5.74) is 1.20. The van der Waals surface area contributed by atoms with E-state index in [9.17, 15) is 0 Å². The van der Waals surface area contributed by atoms with Crippen LogP contribution in [0.25, 0.3) is 0 Å². The fourth-order valence-corrected chi connectivity index (χ4v) is 1.64. The molecule has 12 heavy (non-hydrogen) atoms. The van der Waals surface area contributed by atoms with Crippen molar-refractivity contribution in [2.24, 2.45) is 5.92 Å². The number of nitrogens with zero attached hydrogens (tertiary/aromatic N) is 3. The zero-order chi connectivity index (χ0) is 8.39. The summed E-state index contributed by atoms with van der Waals surface area (Å²) in [6, 6.07) is 2.02. The van der Waals surface area contributed by atoms with Gasteiger partial charge in [0.25, 0.3) is 0 Å². The van der Waals surface area contributed by atoms with Crippen molar-refractivity contribution < 1.29 is 0 Å². The Balaban J connectivity index is 2.11. The lowest BCUT2D eigenvalue weighted by Gasteiger charge is -2.16. The molecule has 0 unspecified atom stereocenters. The van der Waals surface area contributed by atoms with Crippen molar-refractivity contribution in [1.82, 2.24) is 10.2 Å². The van der Waals surface area contributed by atoms with E-state index >= 15 is 0 Å². The van der Waals surface area contributed by atoms with Crippen LogP contribution >= 0.6 is 0 Å². The van der Waals surface area contributed by atoms with E-state index in [4.69, 9.17) is 0 Å². The first-order valence-electron chi connectivity index (χ1n) is 4.38. The van der Waals surface area contributed by atoms with Crippen molar-refractivity contribution in [3.05, 3.63) is 18.5 Å². The summed E-state index contributed by atoms with van der Waals surface area (Å²) in [4.78, 5) is 2.36. The SMILES string of the molecule is C[C@H]1CCN(c2ccnnc2)C1. The van der Waals surface area contributed by atoms with Crippen molar-refractivity contribution >= 4 is 5.69 Å². The van der Waals surface area contributed by atoms with E-state index in [1.807, 2.05) is 12.3 Å². The van der Waals surface area contributed by atoms with Crippen LogP contribution in [0, 0.1) is 5.92 Å². The molecule has 2 rings (SSSR count). The average molecular weight is 163 g/mol. The Labute approximate surface area is 72.4 Å². The van der Waals surface area contributed by atoms with Crippen molar-refractivity contribution in [2.45, 2.75) is 13.3 Å². The van der Waals surface area contributed by atoms with Gasteiger partial charge in [-0.1, -0.05) is 6.92 Å². The summed E-state index contributed by atoms with van der Waals surface area (Å²) in [7, 11) is 0. The van der Waals surface area contributed by atoms with E-state index in [-0.39, 0.29) is 0 Å². The molecule has 3 heteroatoms. The van der Waals surface area contributed by atoms with Crippen LogP contribution in [0.4, 0.5) is 5.69 Å². The van der Waals surface area contributed by atoms with E-state index in [0.29, 0.717) is 0 Å². The first-order valence-corrected chi connectivity index (χ1v) is 4.38. The molecular weight excluding hydrogens is 150 g/mol. The Hall–Kier alpha value is -1.12. The largest absolute Gasteiger partial charge is 0.370 e. The summed E-state index contributed by atoms with van der Waals surface area (Å²) in [6.07, 6.45) is 4.87. The number of aromatic nitrogens is 2. The monoisotopic (exact) mass is 163 g/mol. The van der Waals surface area contributed by atoms with Gasteiger partial charge in [-0.15, -0.1) is 0 Å². The number of rotatable bonds is 1. The van der Waals surface area contributed by atoms with E-state index < -0.39 is 0 Å². The van der Waals surface area contributed by atoms with E-state index in [1.54, 1.807) is 6.20 Å². The molecule has 1 fully saturated rings. The van der Waals surface area contributed by atoms with E-state index in [2.05, 4.69) is 22.0 Å². The highest BCUT2D eigenvalue weighted by atomic mass is 15.2. The van der Waals surface area contributed by atoms with Crippen LogP contribution in [-0.2, 0) is 0 Å². The van der Waals surface area contributed by atoms with Gasteiger partial charge in [0.1, 0.15) is 0 Å². The molecule has 1 saturated heterocycles. The quantitative estimate of drug-likeness (QED) is 0.625. The molecule has 0 bridgehead atoms. The summed E-state index contributed by atoms with van der Waals surface area (Å²) in [5.74, 6) is 0.818. The minimum absolute atomic E-state index is 0.818. The first-order chi connectivity index (χ1) is 5.86. The van der Waals surface area contributed by atoms with Gasteiger partial charge >= 0.3 is 0 Å². The lowest BCUT2D eigenvalue weighted by Crippen LogP contribution is -2.19. The van der Waals surface area contributed by atoms with Gasteiger partial charge in [-0.3, -0.25) is 0 Å². The molecule has 0 saturated carbocycles. The number of anilines is 1. The van der Waals surface area contributed by atoms with Crippen molar-refractivity contribution in [3.8, 4) is 0 Å². The maximum Gasteiger partial charge on any atom is 0.0729 e. The minimum atomic E-state index is 0.818. The molecular formula is C9H13N3. The van der Waals surface area contributed by atoms with Crippen LogP contribution in [0.3, 0.4) is 0 Å². The Morgan fingerprint density at radius 1 is 1.50 bits per heavy atom. The standard InChI is InChI=1S/C9H13N3/c1-8-3-5-12(7-8)9-2-4-10-11-6-9/h2,4,6,8H,3,5,7H2,1H3/t8-/m0/s1. The van der Waals surface area contributed by atoms with Crippen LogP contribution in [-0.4, -0.2) is 23.3 Å². The van der Waals surface area contributed by atoms with Crippen molar-refractivity contribution in [3.63, 3.8) is 0 Å². The van der Waals surface area contributed by atoms with Crippen LogP contribution in [0.15, 0.2) is 18.5 Å². The Morgan fingerprint density at radius 3 is 3.00 bits per heavy atom. The molecule has 0 aliphatic carbocycles. The zero-order valence-electron chi connectivity index (χ0n) is 7.27. The molecule has 1 atom stereocenters. The fraction of sp³-hybridized carbons (Fsp3) is 0.556. The lowest BCUT2D eigenvalue weighted by atomic mass is 10.2. The van der Waals surface area contributed by atoms with E-state index in [0.717, 1.165) is 19.0 Å². The molecule has 0 N–H and O–H groups in total. The Morgan fingerprint density at radius 2 is 2.42 bits per heavy atom. The van der Waals surface area contributed by atoms with Gasteiger partial charge in [-0.05, 0) is 18.4 Å². The Bertz CT molecular complexity index is 247. The van der Waals surface area contributed by atoms with Gasteiger partial charge in [0, 0.05) is 13.1 Å². The molecule has 2 heterocycles. The van der Waals surface area contributed by atoms with Gasteiger partial charge in [-0.25, -0.2) is 0 Å². The third-order valence-electron chi connectivity index (χ3n) is 2.36.